The zero-order valence-corrected chi connectivity index (χ0v) is 11.6. The third-order valence-electron chi connectivity index (χ3n) is 2.84. The van der Waals surface area contributed by atoms with Crippen molar-refractivity contribution < 1.29 is 9.90 Å². The summed E-state index contributed by atoms with van der Waals surface area (Å²) in [6, 6.07) is 1.74. The molecule has 0 fully saturated rings. The number of aromatic nitrogens is 2. The number of carbonyl (C=O) groups is 1. The molecule has 1 aromatic rings. The molecule has 6 nitrogen and oxygen atoms in total. The van der Waals surface area contributed by atoms with Crippen molar-refractivity contribution in [2.75, 3.05) is 38.7 Å². The van der Waals surface area contributed by atoms with Crippen molar-refractivity contribution >= 4 is 11.9 Å². The van der Waals surface area contributed by atoms with E-state index in [9.17, 15) is 4.79 Å². The van der Waals surface area contributed by atoms with E-state index in [1.54, 1.807) is 42.4 Å². The van der Waals surface area contributed by atoms with Crippen LogP contribution in [0, 0.1) is 0 Å². The number of rotatable bonds is 8. The maximum absolute atomic E-state index is 12.0. The van der Waals surface area contributed by atoms with Crippen molar-refractivity contribution in [1.29, 1.82) is 0 Å². The minimum atomic E-state index is 0.0407. The number of hydrogen-bond acceptors (Lipinski definition) is 5. The van der Waals surface area contributed by atoms with Crippen molar-refractivity contribution in [2.45, 2.75) is 19.3 Å². The number of aliphatic hydroxyl groups is 1. The van der Waals surface area contributed by atoms with Gasteiger partial charge in [0.1, 0.15) is 0 Å². The van der Waals surface area contributed by atoms with Gasteiger partial charge in [0.2, 0.25) is 11.9 Å². The third kappa shape index (κ3) is 5.65. The van der Waals surface area contributed by atoms with Crippen LogP contribution in [0.15, 0.2) is 18.5 Å². The highest BCUT2D eigenvalue weighted by Gasteiger charge is 2.12. The number of unbranched alkanes of at least 4 members (excludes halogenated alkanes) is 2. The molecular formula is C13H22N4O2. The van der Waals surface area contributed by atoms with Gasteiger partial charge in [-0.05, 0) is 25.3 Å². The number of hydrogen-bond donors (Lipinski definition) is 1. The van der Waals surface area contributed by atoms with Crippen LogP contribution in [0.4, 0.5) is 5.95 Å². The highest BCUT2D eigenvalue weighted by molar-refractivity contribution is 5.80. The summed E-state index contributed by atoms with van der Waals surface area (Å²) in [5.74, 6) is 0.587. The van der Waals surface area contributed by atoms with Crippen LogP contribution in [0.3, 0.4) is 0 Å². The lowest BCUT2D eigenvalue weighted by molar-refractivity contribution is -0.128. The van der Waals surface area contributed by atoms with Gasteiger partial charge < -0.3 is 14.9 Å². The summed E-state index contributed by atoms with van der Waals surface area (Å²) in [6.07, 6.45) is 5.95. The Bertz CT molecular complexity index is 372. The molecule has 0 radical (unpaired) electrons. The second kappa shape index (κ2) is 8.42. The van der Waals surface area contributed by atoms with E-state index in [1.807, 2.05) is 0 Å². The summed E-state index contributed by atoms with van der Waals surface area (Å²) in [7, 11) is 3.59. The van der Waals surface area contributed by atoms with Gasteiger partial charge in [0, 0.05) is 39.6 Å². The fourth-order valence-corrected chi connectivity index (χ4v) is 1.64. The van der Waals surface area contributed by atoms with Crippen LogP contribution in [0.2, 0.25) is 0 Å². The average Bonchev–Trinajstić information content (AvgIpc) is 2.44. The molecule has 0 spiro atoms. The summed E-state index contributed by atoms with van der Waals surface area (Å²) >= 11 is 0. The largest absolute Gasteiger partial charge is 0.396 e. The molecule has 1 aromatic heterocycles. The molecule has 1 N–H and O–H groups in total. The fraction of sp³-hybridized carbons (Fsp3) is 0.615. The van der Waals surface area contributed by atoms with E-state index in [4.69, 9.17) is 5.11 Å². The molecule has 1 rings (SSSR count). The molecule has 19 heavy (non-hydrogen) atoms. The minimum absolute atomic E-state index is 0.0407. The van der Waals surface area contributed by atoms with Crippen molar-refractivity contribution in [3.8, 4) is 0 Å². The monoisotopic (exact) mass is 266 g/mol. The molecule has 0 aliphatic rings. The normalized spacial score (nSPS) is 10.3. The SMILES string of the molecule is CN(CCCCCO)C(=O)CN(C)c1ncccn1. The Morgan fingerprint density at radius 2 is 1.89 bits per heavy atom. The van der Waals surface area contributed by atoms with Gasteiger partial charge in [-0.3, -0.25) is 4.79 Å². The summed E-state index contributed by atoms with van der Waals surface area (Å²) in [6.45, 7) is 1.19. The molecule has 6 heteroatoms. The van der Waals surface area contributed by atoms with Crippen LogP contribution < -0.4 is 4.90 Å². The van der Waals surface area contributed by atoms with Crippen LogP contribution in [0.5, 0.6) is 0 Å². The van der Waals surface area contributed by atoms with Crippen LogP contribution in [0.25, 0.3) is 0 Å². The lowest BCUT2D eigenvalue weighted by Gasteiger charge is -2.21. The van der Waals surface area contributed by atoms with Crippen molar-refractivity contribution in [2.24, 2.45) is 0 Å². The topological polar surface area (TPSA) is 69.6 Å². The zero-order chi connectivity index (χ0) is 14.1. The van der Waals surface area contributed by atoms with Gasteiger partial charge in [-0.2, -0.15) is 0 Å². The van der Waals surface area contributed by atoms with E-state index < -0.39 is 0 Å². The Morgan fingerprint density at radius 1 is 1.21 bits per heavy atom. The maximum atomic E-state index is 12.0. The molecule has 0 atom stereocenters. The first-order valence-electron chi connectivity index (χ1n) is 6.48. The summed E-state index contributed by atoms with van der Waals surface area (Å²) in [5, 5.41) is 8.68. The van der Waals surface area contributed by atoms with E-state index in [-0.39, 0.29) is 19.1 Å². The van der Waals surface area contributed by atoms with Gasteiger partial charge in [-0.15, -0.1) is 0 Å². The van der Waals surface area contributed by atoms with Crippen LogP contribution in [-0.4, -0.2) is 59.7 Å². The maximum Gasteiger partial charge on any atom is 0.241 e. The smallest absolute Gasteiger partial charge is 0.241 e. The van der Waals surface area contributed by atoms with Gasteiger partial charge in [0.15, 0.2) is 0 Å². The van der Waals surface area contributed by atoms with Crippen LogP contribution in [0.1, 0.15) is 19.3 Å². The second-order valence-electron chi connectivity index (χ2n) is 4.50. The highest BCUT2D eigenvalue weighted by atomic mass is 16.2. The standard InChI is InChI=1S/C13H22N4O2/c1-16(9-4-3-5-10-18)12(19)11-17(2)13-14-7-6-8-15-13/h6-8,18H,3-5,9-11H2,1-2H3. The second-order valence-corrected chi connectivity index (χ2v) is 4.50. The molecule has 1 amide bonds. The zero-order valence-electron chi connectivity index (χ0n) is 11.6. The first-order chi connectivity index (χ1) is 9.15. The van der Waals surface area contributed by atoms with Crippen molar-refractivity contribution in [1.82, 2.24) is 14.9 Å². The van der Waals surface area contributed by atoms with E-state index in [0.717, 1.165) is 19.3 Å². The first-order valence-corrected chi connectivity index (χ1v) is 6.48. The fourth-order valence-electron chi connectivity index (χ4n) is 1.64. The van der Waals surface area contributed by atoms with Crippen molar-refractivity contribution in [3.05, 3.63) is 18.5 Å². The number of likely N-dealkylation sites (N-methyl/N-ethyl adjacent to an activating group) is 2. The number of aliphatic hydroxyl groups excluding tert-OH is 1. The summed E-state index contributed by atoms with van der Waals surface area (Å²) in [5.41, 5.74) is 0. The molecule has 1 heterocycles. The number of nitrogens with zero attached hydrogens (tertiary/aromatic N) is 4. The number of amides is 1. The average molecular weight is 266 g/mol. The molecule has 0 aliphatic carbocycles. The van der Waals surface area contributed by atoms with Crippen LogP contribution in [-0.2, 0) is 4.79 Å². The van der Waals surface area contributed by atoms with E-state index in [2.05, 4.69) is 9.97 Å². The molecule has 0 bridgehead atoms. The van der Waals surface area contributed by atoms with E-state index in [0.29, 0.717) is 12.5 Å². The summed E-state index contributed by atoms with van der Waals surface area (Å²) in [4.78, 5) is 23.6. The molecule has 0 unspecified atom stereocenters. The molecule has 0 aliphatic heterocycles. The predicted molar refractivity (Wildman–Crippen MR) is 73.9 cm³/mol. The third-order valence-corrected chi connectivity index (χ3v) is 2.84. The molecule has 0 saturated carbocycles. The Morgan fingerprint density at radius 3 is 2.53 bits per heavy atom. The molecular weight excluding hydrogens is 244 g/mol. The number of anilines is 1. The Hall–Kier alpha value is -1.69. The molecule has 0 saturated heterocycles. The summed E-state index contributed by atoms with van der Waals surface area (Å²) < 4.78 is 0. The van der Waals surface area contributed by atoms with E-state index >= 15 is 0 Å². The van der Waals surface area contributed by atoms with Crippen molar-refractivity contribution in [3.63, 3.8) is 0 Å². The predicted octanol–water partition coefficient (Wildman–Crippen LogP) is 0.534. The minimum Gasteiger partial charge on any atom is -0.396 e. The van der Waals surface area contributed by atoms with Crippen LogP contribution >= 0.6 is 0 Å². The van der Waals surface area contributed by atoms with Gasteiger partial charge in [0.25, 0.3) is 0 Å². The lowest BCUT2D eigenvalue weighted by atomic mass is 10.2. The van der Waals surface area contributed by atoms with E-state index in [1.165, 1.54) is 0 Å². The Kier molecular flexibility index (Phi) is 6.81. The Labute approximate surface area is 114 Å². The number of carbonyl (C=O) groups excluding carboxylic acids is 1. The first kappa shape index (κ1) is 15.4. The van der Waals surface area contributed by atoms with Gasteiger partial charge >= 0.3 is 0 Å². The Balaban J connectivity index is 2.33. The van der Waals surface area contributed by atoms with Gasteiger partial charge in [-0.1, -0.05) is 0 Å². The van der Waals surface area contributed by atoms with Gasteiger partial charge in [-0.25, -0.2) is 9.97 Å². The lowest BCUT2D eigenvalue weighted by Crippen LogP contribution is -2.37. The van der Waals surface area contributed by atoms with Gasteiger partial charge in [0.05, 0.1) is 6.54 Å². The molecule has 106 valence electrons. The molecule has 0 aromatic carbocycles. The highest BCUT2D eigenvalue weighted by Crippen LogP contribution is 2.03. The quantitative estimate of drug-likeness (QED) is 0.695.